The third kappa shape index (κ3) is 3.61. The molecule has 6 heteroatoms. The molecule has 0 aliphatic carbocycles. The zero-order valence-corrected chi connectivity index (χ0v) is 14.4. The normalized spacial score (nSPS) is 23.3. The van der Waals surface area contributed by atoms with Crippen LogP contribution in [0.3, 0.4) is 0 Å². The van der Waals surface area contributed by atoms with Crippen molar-refractivity contribution in [2.45, 2.75) is 32.7 Å². The predicted octanol–water partition coefficient (Wildman–Crippen LogP) is 1.72. The Morgan fingerprint density at radius 3 is 2.59 bits per heavy atom. The van der Waals surface area contributed by atoms with Crippen molar-refractivity contribution in [1.82, 2.24) is 4.90 Å². The van der Waals surface area contributed by atoms with Gasteiger partial charge in [0.25, 0.3) is 5.91 Å². The number of benzene rings is 1. The number of likely N-dealkylation sites (N-methyl/N-ethyl adjacent to an activating group) is 1. The summed E-state index contributed by atoms with van der Waals surface area (Å²) in [4.78, 5) is 13.8. The van der Waals surface area contributed by atoms with Gasteiger partial charge in [-0.05, 0) is 38.8 Å². The molecule has 22 heavy (non-hydrogen) atoms. The van der Waals surface area contributed by atoms with Crippen molar-refractivity contribution in [3.63, 3.8) is 0 Å². The quantitative estimate of drug-likeness (QED) is 0.845. The first-order valence-electron chi connectivity index (χ1n) is 7.30. The molecule has 1 aromatic carbocycles. The number of sulfone groups is 1. The van der Waals surface area contributed by atoms with Crippen LogP contribution in [-0.2, 0) is 14.6 Å². The molecule has 122 valence electrons. The predicted molar refractivity (Wildman–Crippen MR) is 85.9 cm³/mol. The highest BCUT2D eigenvalue weighted by molar-refractivity contribution is 7.91. The number of rotatable bonds is 4. The average Bonchev–Trinajstić information content (AvgIpc) is 2.71. The van der Waals surface area contributed by atoms with Crippen LogP contribution in [0.2, 0.25) is 0 Å². The summed E-state index contributed by atoms with van der Waals surface area (Å²) in [5.41, 5.74) is 1.48. The standard InChI is InChI=1S/C16H23NO4S/c1-12-5-6-14(13(2)9-12)21-10-15(18)17(4)16(3)7-8-22(19,20)11-16/h5-6,9H,7-8,10-11H2,1-4H3/t16-/m0/s1. The van der Waals surface area contributed by atoms with Crippen molar-refractivity contribution >= 4 is 15.7 Å². The van der Waals surface area contributed by atoms with Gasteiger partial charge >= 0.3 is 0 Å². The molecule has 0 aromatic heterocycles. The minimum Gasteiger partial charge on any atom is -0.484 e. The molecule has 0 N–H and O–H groups in total. The molecule has 0 bridgehead atoms. The Labute approximate surface area is 132 Å². The molecule has 1 aromatic rings. The zero-order valence-electron chi connectivity index (χ0n) is 13.5. The molecule has 0 radical (unpaired) electrons. The average molecular weight is 325 g/mol. The van der Waals surface area contributed by atoms with E-state index in [1.54, 1.807) is 7.05 Å². The van der Waals surface area contributed by atoms with E-state index in [1.807, 2.05) is 39.0 Å². The van der Waals surface area contributed by atoms with Crippen molar-refractivity contribution in [2.75, 3.05) is 25.2 Å². The first-order chi connectivity index (χ1) is 10.1. The van der Waals surface area contributed by atoms with Gasteiger partial charge in [0.05, 0.1) is 17.0 Å². The number of carbonyl (C=O) groups is 1. The molecule has 1 atom stereocenters. The number of carbonyl (C=O) groups excluding carboxylic acids is 1. The van der Waals surface area contributed by atoms with Crippen LogP contribution in [-0.4, -0.2) is 49.9 Å². The Bertz CT molecular complexity index is 683. The Morgan fingerprint density at radius 2 is 2.05 bits per heavy atom. The smallest absolute Gasteiger partial charge is 0.260 e. The van der Waals surface area contributed by atoms with Gasteiger partial charge in [0.2, 0.25) is 0 Å². The largest absolute Gasteiger partial charge is 0.484 e. The van der Waals surface area contributed by atoms with Gasteiger partial charge in [-0.25, -0.2) is 8.42 Å². The Hall–Kier alpha value is -1.56. The van der Waals surface area contributed by atoms with Crippen molar-refractivity contribution in [2.24, 2.45) is 0 Å². The number of aryl methyl sites for hydroxylation is 2. The SMILES string of the molecule is Cc1ccc(OCC(=O)N(C)[C@@]2(C)CCS(=O)(=O)C2)c(C)c1. The van der Waals surface area contributed by atoms with E-state index >= 15 is 0 Å². The highest BCUT2D eigenvalue weighted by Crippen LogP contribution is 2.28. The second-order valence-electron chi connectivity index (χ2n) is 6.35. The van der Waals surface area contributed by atoms with E-state index in [4.69, 9.17) is 4.74 Å². The van der Waals surface area contributed by atoms with Crippen molar-refractivity contribution in [3.8, 4) is 5.75 Å². The van der Waals surface area contributed by atoms with Crippen LogP contribution in [0.25, 0.3) is 0 Å². The summed E-state index contributed by atoms with van der Waals surface area (Å²) in [7, 11) is -1.40. The van der Waals surface area contributed by atoms with Crippen LogP contribution in [0, 0.1) is 13.8 Å². The van der Waals surface area contributed by atoms with Crippen molar-refractivity contribution in [3.05, 3.63) is 29.3 Å². The molecule has 0 saturated carbocycles. The van der Waals surface area contributed by atoms with E-state index in [0.717, 1.165) is 11.1 Å². The summed E-state index contributed by atoms with van der Waals surface area (Å²) in [6.45, 7) is 5.65. The lowest BCUT2D eigenvalue weighted by molar-refractivity contribution is -0.136. The summed E-state index contributed by atoms with van der Waals surface area (Å²) >= 11 is 0. The second-order valence-corrected chi connectivity index (χ2v) is 8.53. The van der Waals surface area contributed by atoms with Gasteiger partial charge in [0.15, 0.2) is 16.4 Å². The van der Waals surface area contributed by atoms with Crippen LogP contribution in [0.15, 0.2) is 18.2 Å². The number of nitrogens with zero attached hydrogens (tertiary/aromatic N) is 1. The van der Waals surface area contributed by atoms with Crippen molar-refractivity contribution in [1.29, 1.82) is 0 Å². The molecular formula is C16H23NO4S. The molecule has 1 heterocycles. The lowest BCUT2D eigenvalue weighted by Crippen LogP contribution is -2.49. The fourth-order valence-electron chi connectivity index (χ4n) is 2.76. The fourth-order valence-corrected chi connectivity index (χ4v) is 4.94. The molecular weight excluding hydrogens is 302 g/mol. The summed E-state index contributed by atoms with van der Waals surface area (Å²) < 4.78 is 28.9. The van der Waals surface area contributed by atoms with E-state index in [9.17, 15) is 13.2 Å². The zero-order chi connectivity index (χ0) is 16.5. The minimum absolute atomic E-state index is 0.0196. The van der Waals surface area contributed by atoms with Crippen LogP contribution in [0.5, 0.6) is 5.75 Å². The maximum atomic E-state index is 12.3. The van der Waals surface area contributed by atoms with Crippen LogP contribution in [0.1, 0.15) is 24.5 Å². The summed E-state index contributed by atoms with van der Waals surface area (Å²) in [6, 6.07) is 5.77. The molecule has 1 fully saturated rings. The first-order valence-corrected chi connectivity index (χ1v) is 9.12. The lowest BCUT2D eigenvalue weighted by atomic mass is 10.00. The number of amides is 1. The molecule has 1 saturated heterocycles. The lowest BCUT2D eigenvalue weighted by Gasteiger charge is -2.34. The Kier molecular flexibility index (Phi) is 4.52. The molecule has 5 nitrogen and oxygen atoms in total. The topological polar surface area (TPSA) is 63.7 Å². The van der Waals surface area contributed by atoms with Gasteiger partial charge in [-0.3, -0.25) is 4.79 Å². The van der Waals surface area contributed by atoms with Crippen LogP contribution in [0.4, 0.5) is 0 Å². The van der Waals surface area contributed by atoms with Crippen molar-refractivity contribution < 1.29 is 17.9 Å². The molecule has 1 amide bonds. The minimum atomic E-state index is -3.05. The van der Waals surface area contributed by atoms with E-state index in [-0.39, 0.29) is 24.0 Å². The van der Waals surface area contributed by atoms with Gasteiger partial charge in [-0.2, -0.15) is 0 Å². The van der Waals surface area contributed by atoms with E-state index < -0.39 is 15.4 Å². The van der Waals surface area contributed by atoms with Crippen LogP contribution < -0.4 is 4.74 Å². The van der Waals surface area contributed by atoms with E-state index in [2.05, 4.69) is 0 Å². The fraction of sp³-hybridized carbons (Fsp3) is 0.562. The number of ether oxygens (including phenoxy) is 1. The highest BCUT2D eigenvalue weighted by atomic mass is 32.2. The third-order valence-corrected chi connectivity index (χ3v) is 6.24. The maximum Gasteiger partial charge on any atom is 0.260 e. The summed E-state index contributed by atoms with van der Waals surface area (Å²) in [6.07, 6.45) is 0.473. The summed E-state index contributed by atoms with van der Waals surface area (Å²) in [5, 5.41) is 0. The number of hydrogen-bond donors (Lipinski definition) is 0. The third-order valence-electron chi connectivity index (χ3n) is 4.35. The Morgan fingerprint density at radius 1 is 1.36 bits per heavy atom. The summed E-state index contributed by atoms with van der Waals surface area (Å²) in [5.74, 6) is 0.626. The van der Waals surface area contributed by atoms with E-state index in [1.165, 1.54) is 4.90 Å². The van der Waals surface area contributed by atoms with Gasteiger partial charge in [-0.15, -0.1) is 0 Å². The van der Waals surface area contributed by atoms with Gasteiger partial charge in [0.1, 0.15) is 5.75 Å². The van der Waals surface area contributed by atoms with Gasteiger partial charge < -0.3 is 9.64 Å². The monoisotopic (exact) mass is 325 g/mol. The van der Waals surface area contributed by atoms with Gasteiger partial charge in [0, 0.05) is 7.05 Å². The molecule has 1 aliphatic rings. The highest BCUT2D eigenvalue weighted by Gasteiger charge is 2.43. The van der Waals surface area contributed by atoms with Crippen LogP contribution >= 0.6 is 0 Å². The molecule has 2 rings (SSSR count). The molecule has 1 aliphatic heterocycles. The van der Waals surface area contributed by atoms with E-state index in [0.29, 0.717) is 12.2 Å². The van der Waals surface area contributed by atoms with Gasteiger partial charge in [-0.1, -0.05) is 17.7 Å². The molecule has 0 spiro atoms. The number of hydrogen-bond acceptors (Lipinski definition) is 4. The molecule has 0 unspecified atom stereocenters. The first kappa shape index (κ1) is 16.8. The maximum absolute atomic E-state index is 12.3. The Balaban J connectivity index is 2.00. The second kappa shape index (κ2) is 5.91.